The van der Waals surface area contributed by atoms with Gasteiger partial charge in [0.1, 0.15) is 17.5 Å². The van der Waals surface area contributed by atoms with Crippen LogP contribution in [0, 0.1) is 35.5 Å². The summed E-state index contributed by atoms with van der Waals surface area (Å²) < 4.78 is 16.6. The monoisotopic (exact) mass is 881 g/mol. The molecule has 5 amide bonds. The van der Waals surface area contributed by atoms with Crippen LogP contribution in [0.3, 0.4) is 0 Å². The standard InChI is InChI=1S/C45H59N11O8/c57-39(17-11-18-40(58)52-29-19-20-38(49-24-29)42-55-53-41(54-56-42)37-16-9-10-21-46-37)47-22-23-48-45(61)64-30(25-50-43(59)62-27-35-31-12-5-1-2-6-13-32(31)35)26-51-44(60)63-28-36-33-14-7-3-4-8-15-34(33)36/h1-4,9-10,16,19-21,24,30-36H,5-8,11-15,17-18,22-23,25-28H2,(H,47,57)(H,48,61)(H,50,59)(H,51,60)(H,52,58)(H,53,54)(H,55,56)/b2-1+,4-3+. The first-order valence-corrected chi connectivity index (χ1v) is 22.5. The van der Waals surface area contributed by atoms with Crippen LogP contribution in [-0.4, -0.2) is 97.2 Å². The van der Waals surface area contributed by atoms with Gasteiger partial charge in [-0.1, -0.05) is 30.4 Å². The maximum absolute atomic E-state index is 12.8. The molecule has 64 heavy (non-hydrogen) atoms. The molecule has 342 valence electrons. The van der Waals surface area contributed by atoms with Gasteiger partial charge in [0.15, 0.2) is 11.7 Å². The zero-order valence-electron chi connectivity index (χ0n) is 36.0. The molecule has 0 aromatic carbocycles. The molecular formula is C45H59N11O8. The Balaban J connectivity index is 0.767. The van der Waals surface area contributed by atoms with Crippen molar-refractivity contribution in [1.29, 1.82) is 0 Å². The Hall–Kier alpha value is -6.53. The summed E-state index contributed by atoms with van der Waals surface area (Å²) in [7, 11) is 0. The maximum atomic E-state index is 12.8. The number of fused-ring (bicyclic) bond motifs is 2. The van der Waals surface area contributed by atoms with E-state index in [0.717, 1.165) is 51.4 Å². The van der Waals surface area contributed by atoms with Gasteiger partial charge in [0, 0.05) is 32.1 Å². The molecule has 19 heteroatoms. The molecule has 0 saturated heterocycles. The Morgan fingerprint density at radius 3 is 1.69 bits per heavy atom. The summed E-state index contributed by atoms with van der Waals surface area (Å²) in [6.07, 6.45) is 18.2. The predicted molar refractivity (Wildman–Crippen MR) is 236 cm³/mol. The number of anilines is 1. The van der Waals surface area contributed by atoms with Crippen molar-refractivity contribution in [3.63, 3.8) is 0 Å². The van der Waals surface area contributed by atoms with Crippen LogP contribution in [0.5, 0.6) is 0 Å². The van der Waals surface area contributed by atoms with Crippen LogP contribution in [0.2, 0.25) is 0 Å². The normalized spacial score (nSPS) is 24.3. The summed E-state index contributed by atoms with van der Waals surface area (Å²) in [5.74, 6) is 3.31. The third-order valence-corrected chi connectivity index (χ3v) is 12.3. The Morgan fingerprint density at radius 1 is 0.625 bits per heavy atom. The van der Waals surface area contributed by atoms with Crippen LogP contribution in [0.1, 0.15) is 82.0 Å². The van der Waals surface area contributed by atoms with E-state index in [1.807, 2.05) is 6.07 Å². The number of amidine groups is 2. The van der Waals surface area contributed by atoms with Crippen molar-refractivity contribution in [1.82, 2.24) is 42.1 Å². The highest BCUT2D eigenvalue weighted by Gasteiger charge is 2.50. The fraction of sp³-hybridized carbons (Fsp3) is 0.533. The zero-order chi connectivity index (χ0) is 44.5. The lowest BCUT2D eigenvalue weighted by Crippen LogP contribution is -2.45. The van der Waals surface area contributed by atoms with E-state index in [-0.39, 0.29) is 50.8 Å². The van der Waals surface area contributed by atoms with Gasteiger partial charge in [-0.3, -0.25) is 30.4 Å². The van der Waals surface area contributed by atoms with Gasteiger partial charge >= 0.3 is 18.3 Å². The van der Waals surface area contributed by atoms with Crippen LogP contribution in [0.25, 0.3) is 0 Å². The van der Waals surface area contributed by atoms with Gasteiger partial charge in [-0.2, -0.15) is 10.2 Å². The number of rotatable bonds is 19. The molecule has 2 aromatic heterocycles. The Morgan fingerprint density at radius 2 is 1.17 bits per heavy atom. The molecule has 7 rings (SSSR count). The molecule has 2 aromatic rings. The van der Waals surface area contributed by atoms with Crippen molar-refractivity contribution in [2.24, 2.45) is 45.7 Å². The summed E-state index contributed by atoms with van der Waals surface area (Å²) >= 11 is 0. The number of carbonyl (C=O) groups excluding carboxylic acids is 5. The van der Waals surface area contributed by atoms with Crippen LogP contribution in [0.4, 0.5) is 20.1 Å². The molecular weight excluding hydrogens is 823 g/mol. The number of carbonyl (C=O) groups is 5. The Kier molecular flexibility index (Phi) is 16.5. The summed E-state index contributed by atoms with van der Waals surface area (Å²) in [6.45, 7) is 0.635. The van der Waals surface area contributed by atoms with E-state index in [1.54, 1.807) is 30.5 Å². The maximum Gasteiger partial charge on any atom is 0.407 e. The van der Waals surface area contributed by atoms with Gasteiger partial charge in [-0.15, -0.1) is 0 Å². The van der Waals surface area contributed by atoms with Crippen LogP contribution in [-0.2, 0) is 23.8 Å². The molecule has 0 bridgehead atoms. The lowest BCUT2D eigenvalue weighted by molar-refractivity contribution is -0.121. The predicted octanol–water partition coefficient (Wildman–Crippen LogP) is 4.45. The highest BCUT2D eigenvalue weighted by molar-refractivity contribution is 6.04. The highest BCUT2D eigenvalue weighted by Crippen LogP contribution is 2.53. The van der Waals surface area contributed by atoms with E-state index < -0.39 is 24.4 Å². The van der Waals surface area contributed by atoms with Crippen LogP contribution < -0.4 is 37.4 Å². The second-order valence-corrected chi connectivity index (χ2v) is 16.7. The van der Waals surface area contributed by atoms with Gasteiger partial charge in [-0.25, -0.2) is 14.4 Å². The van der Waals surface area contributed by atoms with Gasteiger partial charge in [-0.05, 0) is 118 Å². The first kappa shape index (κ1) is 45.5. The zero-order valence-corrected chi connectivity index (χ0v) is 36.0. The van der Waals surface area contributed by atoms with E-state index in [4.69, 9.17) is 14.2 Å². The summed E-state index contributed by atoms with van der Waals surface area (Å²) in [5.41, 5.74) is 7.31. The van der Waals surface area contributed by atoms with Gasteiger partial charge < -0.3 is 40.8 Å². The average molecular weight is 882 g/mol. The molecule has 7 N–H and O–H groups in total. The number of hydrogen-bond donors (Lipinski definition) is 7. The van der Waals surface area contributed by atoms with E-state index in [1.165, 1.54) is 6.20 Å². The topological polar surface area (TPSA) is 248 Å². The molecule has 3 heterocycles. The Labute approximate surface area is 372 Å². The fourth-order valence-electron chi connectivity index (χ4n) is 8.77. The first-order chi connectivity index (χ1) is 31.3. The van der Waals surface area contributed by atoms with E-state index >= 15 is 0 Å². The number of hydrogen-bond acceptors (Lipinski definition) is 14. The number of allylic oxidation sites excluding steroid dienone is 4. The van der Waals surface area contributed by atoms with Crippen LogP contribution >= 0.6 is 0 Å². The molecule has 4 unspecified atom stereocenters. The number of pyridine rings is 2. The molecule has 0 spiro atoms. The number of aromatic nitrogens is 2. The average Bonchev–Trinajstić information content (AvgIpc) is 4.16. The van der Waals surface area contributed by atoms with Crippen molar-refractivity contribution in [2.75, 3.05) is 44.7 Å². The van der Waals surface area contributed by atoms with Crippen molar-refractivity contribution in [2.45, 2.75) is 76.7 Å². The SMILES string of the molecule is O=C(CCCC(=O)Nc1ccc(C2=NNC(c3ccccn3)=NN2)nc1)NCCNC(=O)OC(CNC(=O)OCC1C2CC/C=C/CCC21)CNC(=O)OCC1C2CC/C=C/CCC21. The van der Waals surface area contributed by atoms with Gasteiger partial charge in [0.2, 0.25) is 11.8 Å². The highest BCUT2D eigenvalue weighted by atomic mass is 16.6. The first-order valence-electron chi connectivity index (χ1n) is 22.5. The summed E-state index contributed by atoms with van der Waals surface area (Å²) in [6, 6.07) is 8.82. The molecule has 5 aliphatic rings. The molecule has 4 atom stereocenters. The minimum atomic E-state index is -0.931. The van der Waals surface area contributed by atoms with Gasteiger partial charge in [0.25, 0.3) is 0 Å². The number of hydrazone groups is 2. The van der Waals surface area contributed by atoms with Crippen molar-refractivity contribution < 1.29 is 38.2 Å². The molecule has 19 nitrogen and oxygen atoms in total. The lowest BCUT2D eigenvalue weighted by atomic mass is 10.1. The molecule has 2 saturated carbocycles. The summed E-state index contributed by atoms with van der Waals surface area (Å²) in [4.78, 5) is 71.7. The van der Waals surface area contributed by atoms with Crippen LogP contribution in [0.15, 0.2) is 77.2 Å². The van der Waals surface area contributed by atoms with E-state index in [9.17, 15) is 24.0 Å². The van der Waals surface area contributed by atoms with E-state index in [0.29, 0.717) is 83.9 Å². The van der Waals surface area contributed by atoms with Crippen molar-refractivity contribution in [3.8, 4) is 0 Å². The lowest BCUT2D eigenvalue weighted by Gasteiger charge is -2.19. The number of amides is 5. The largest absolute Gasteiger partial charge is 0.449 e. The third kappa shape index (κ3) is 14.0. The number of ether oxygens (including phenoxy) is 3. The Bertz CT molecular complexity index is 1960. The quantitative estimate of drug-likeness (QED) is 0.0588. The smallest absolute Gasteiger partial charge is 0.407 e. The minimum Gasteiger partial charge on any atom is -0.449 e. The number of alkyl carbamates (subject to hydrolysis) is 3. The second kappa shape index (κ2) is 23.2. The number of nitrogens with zero attached hydrogens (tertiary/aromatic N) is 4. The molecule has 1 aliphatic heterocycles. The number of nitrogens with one attached hydrogen (secondary N) is 7. The molecule has 4 aliphatic carbocycles. The molecule has 2 fully saturated rings. The summed E-state index contributed by atoms with van der Waals surface area (Å²) in [5, 5.41) is 21.9. The fourth-order valence-corrected chi connectivity index (χ4v) is 8.77. The van der Waals surface area contributed by atoms with Crippen molar-refractivity contribution >= 4 is 47.5 Å². The minimum absolute atomic E-state index is 0.0555. The second-order valence-electron chi connectivity index (χ2n) is 16.7. The third-order valence-electron chi connectivity index (χ3n) is 12.3. The van der Waals surface area contributed by atoms with Crippen molar-refractivity contribution in [3.05, 3.63) is 78.4 Å². The molecule has 0 radical (unpaired) electrons. The van der Waals surface area contributed by atoms with Gasteiger partial charge in [0.05, 0.1) is 38.2 Å². The van der Waals surface area contributed by atoms with E-state index in [2.05, 4.69) is 81.9 Å².